The second kappa shape index (κ2) is 9.32. The van der Waals surface area contributed by atoms with Crippen molar-refractivity contribution in [1.29, 1.82) is 0 Å². The molecular weight excluding hydrogens is 453 g/mol. The molecule has 1 aromatic heterocycles. The molecule has 1 amide bonds. The van der Waals surface area contributed by atoms with E-state index in [4.69, 9.17) is 33.0 Å². The molecular formula is C23H19Cl2N3O2S. The van der Waals surface area contributed by atoms with Gasteiger partial charge in [-0.3, -0.25) is 14.2 Å². The van der Waals surface area contributed by atoms with Crippen molar-refractivity contribution in [3.05, 3.63) is 87.9 Å². The number of aromatic nitrogens is 2. The minimum atomic E-state index is -0.218. The lowest BCUT2D eigenvalue weighted by Crippen LogP contribution is -2.25. The molecule has 5 nitrogen and oxygen atoms in total. The van der Waals surface area contributed by atoms with Crippen LogP contribution in [0.25, 0.3) is 16.7 Å². The minimum Gasteiger partial charge on any atom is -0.287 e. The molecule has 3 aromatic carbocycles. The first kappa shape index (κ1) is 21.7. The largest absolute Gasteiger partial charge is 0.287 e. The molecule has 0 spiro atoms. The number of hydrogen-bond donors (Lipinski definition) is 0. The molecule has 4 rings (SSSR count). The Kier molecular flexibility index (Phi) is 6.53. The average molecular weight is 472 g/mol. The highest BCUT2D eigenvalue weighted by atomic mass is 35.5. The van der Waals surface area contributed by atoms with Gasteiger partial charge < -0.3 is 0 Å². The molecule has 8 heteroatoms. The van der Waals surface area contributed by atoms with Crippen molar-refractivity contribution in [2.24, 2.45) is 0 Å². The molecule has 0 radical (unpaired) electrons. The molecule has 0 aliphatic carbocycles. The number of hydroxylamine groups is 2. The van der Waals surface area contributed by atoms with Crippen molar-refractivity contribution >= 4 is 51.9 Å². The fraction of sp³-hybridized carbons (Fsp3) is 0.130. The Hall–Kier alpha value is -2.51. The molecule has 0 aliphatic heterocycles. The van der Waals surface area contributed by atoms with E-state index in [0.717, 1.165) is 33.2 Å². The van der Waals surface area contributed by atoms with Crippen LogP contribution in [-0.4, -0.2) is 34.7 Å². The number of halogens is 2. The summed E-state index contributed by atoms with van der Waals surface area (Å²) in [5, 5.41) is 3.37. The molecule has 0 N–H and O–H groups in total. The molecule has 0 saturated heterocycles. The van der Waals surface area contributed by atoms with Gasteiger partial charge in [0, 0.05) is 34.1 Å². The smallest absolute Gasteiger partial charge is 0.277 e. The molecule has 31 heavy (non-hydrogen) atoms. The van der Waals surface area contributed by atoms with Crippen LogP contribution >= 0.6 is 35.0 Å². The third-order valence-corrected chi connectivity index (χ3v) is 6.30. The van der Waals surface area contributed by atoms with Gasteiger partial charge in [0.1, 0.15) is 0 Å². The lowest BCUT2D eigenvalue weighted by Gasteiger charge is -2.14. The molecule has 4 aromatic rings. The Labute approximate surface area is 194 Å². The summed E-state index contributed by atoms with van der Waals surface area (Å²) in [6.45, 7) is 0. The molecule has 0 atom stereocenters. The van der Waals surface area contributed by atoms with Crippen molar-refractivity contribution in [2.75, 3.05) is 14.2 Å². The first-order valence-corrected chi connectivity index (χ1v) is 11.2. The summed E-state index contributed by atoms with van der Waals surface area (Å²) in [6.07, 6.45) is 0. The minimum absolute atomic E-state index is 0.218. The Morgan fingerprint density at radius 3 is 2.39 bits per heavy atom. The van der Waals surface area contributed by atoms with Crippen LogP contribution < -0.4 is 0 Å². The van der Waals surface area contributed by atoms with Crippen molar-refractivity contribution in [3.8, 4) is 5.69 Å². The van der Waals surface area contributed by atoms with E-state index >= 15 is 0 Å². The van der Waals surface area contributed by atoms with Crippen molar-refractivity contribution in [2.45, 2.75) is 10.9 Å². The van der Waals surface area contributed by atoms with Crippen molar-refractivity contribution in [3.63, 3.8) is 0 Å². The number of amides is 1. The van der Waals surface area contributed by atoms with Gasteiger partial charge in [-0.25, -0.2) is 10.0 Å². The van der Waals surface area contributed by atoms with Crippen LogP contribution in [0.4, 0.5) is 0 Å². The molecule has 0 unspecified atom stereocenters. The summed E-state index contributed by atoms with van der Waals surface area (Å²) in [5.41, 5.74) is 4.32. The van der Waals surface area contributed by atoms with Gasteiger partial charge >= 0.3 is 0 Å². The summed E-state index contributed by atoms with van der Waals surface area (Å²) in [4.78, 5) is 22.1. The van der Waals surface area contributed by atoms with Crippen molar-refractivity contribution < 1.29 is 9.63 Å². The number of hydrogen-bond acceptors (Lipinski definition) is 4. The highest BCUT2D eigenvalue weighted by Gasteiger charge is 2.16. The van der Waals surface area contributed by atoms with E-state index in [1.807, 2.05) is 54.6 Å². The number of imidazole rings is 1. The van der Waals surface area contributed by atoms with Gasteiger partial charge in [-0.15, -0.1) is 0 Å². The first-order valence-electron chi connectivity index (χ1n) is 9.44. The Morgan fingerprint density at radius 2 is 1.71 bits per heavy atom. The third-order valence-electron chi connectivity index (χ3n) is 4.80. The average Bonchev–Trinajstić information content (AvgIpc) is 3.15. The maximum absolute atomic E-state index is 12.3. The molecule has 0 bridgehead atoms. The number of thioether (sulfide) groups is 1. The predicted molar refractivity (Wildman–Crippen MR) is 126 cm³/mol. The van der Waals surface area contributed by atoms with Gasteiger partial charge in [-0.05, 0) is 60.2 Å². The Morgan fingerprint density at radius 1 is 1.03 bits per heavy atom. The van der Waals surface area contributed by atoms with Gasteiger partial charge in [-0.1, -0.05) is 47.1 Å². The topological polar surface area (TPSA) is 47.4 Å². The highest BCUT2D eigenvalue weighted by molar-refractivity contribution is 7.98. The Bertz CT molecular complexity index is 1220. The molecule has 0 fully saturated rings. The zero-order valence-corrected chi connectivity index (χ0v) is 19.2. The maximum atomic E-state index is 12.3. The number of benzene rings is 3. The highest BCUT2D eigenvalue weighted by Crippen LogP contribution is 2.31. The van der Waals surface area contributed by atoms with E-state index in [0.29, 0.717) is 15.6 Å². The number of carbonyl (C=O) groups excluding carboxylic acids is 1. The SMILES string of the molecule is CON(C)C(=O)c1ccc(-n2c(SCc3ccc(Cl)cc3)nc3ccc(Cl)cc32)cc1. The lowest BCUT2D eigenvalue weighted by molar-refractivity contribution is -0.0756. The summed E-state index contributed by atoms with van der Waals surface area (Å²) < 4.78 is 2.05. The predicted octanol–water partition coefficient (Wildman–Crippen LogP) is 6.26. The maximum Gasteiger partial charge on any atom is 0.277 e. The molecule has 158 valence electrons. The van der Waals surface area contributed by atoms with Gasteiger partial charge in [0.2, 0.25) is 0 Å². The molecule has 0 saturated carbocycles. The van der Waals surface area contributed by atoms with Gasteiger partial charge in [0.05, 0.1) is 18.1 Å². The third kappa shape index (κ3) is 4.72. The van der Waals surface area contributed by atoms with Crippen LogP contribution in [0.2, 0.25) is 10.0 Å². The second-order valence-corrected chi connectivity index (χ2v) is 8.63. The number of rotatable bonds is 6. The standard InChI is InChI=1S/C23H19Cl2N3O2S/c1-27(30-2)22(29)16-5-10-19(11-6-16)28-21-13-18(25)9-12-20(21)26-23(28)31-14-15-3-7-17(24)8-4-15/h3-13H,14H2,1-2H3. The fourth-order valence-corrected chi connectivity index (χ4v) is 4.40. The van der Waals surface area contributed by atoms with Crippen LogP contribution in [0, 0.1) is 0 Å². The van der Waals surface area contributed by atoms with Crippen LogP contribution in [0.5, 0.6) is 0 Å². The second-order valence-electron chi connectivity index (χ2n) is 6.81. The summed E-state index contributed by atoms with van der Waals surface area (Å²) in [7, 11) is 3.03. The van der Waals surface area contributed by atoms with Crippen LogP contribution in [0.1, 0.15) is 15.9 Å². The zero-order chi connectivity index (χ0) is 22.0. The van der Waals surface area contributed by atoms with Gasteiger partial charge in [-0.2, -0.15) is 0 Å². The zero-order valence-electron chi connectivity index (χ0n) is 16.9. The fourth-order valence-electron chi connectivity index (χ4n) is 3.12. The molecule has 0 aliphatic rings. The lowest BCUT2D eigenvalue weighted by atomic mass is 10.2. The monoisotopic (exact) mass is 471 g/mol. The van der Waals surface area contributed by atoms with Gasteiger partial charge in [0.15, 0.2) is 5.16 Å². The van der Waals surface area contributed by atoms with Crippen LogP contribution in [0.15, 0.2) is 71.9 Å². The quantitative estimate of drug-likeness (QED) is 0.246. The number of carbonyl (C=O) groups is 1. The summed E-state index contributed by atoms with van der Waals surface area (Å²) >= 11 is 13.9. The normalized spacial score (nSPS) is 11.1. The van der Waals surface area contributed by atoms with Gasteiger partial charge in [0.25, 0.3) is 5.91 Å². The molecule has 1 heterocycles. The van der Waals surface area contributed by atoms with E-state index in [-0.39, 0.29) is 5.91 Å². The van der Waals surface area contributed by atoms with E-state index in [1.165, 1.54) is 12.2 Å². The summed E-state index contributed by atoms with van der Waals surface area (Å²) in [6, 6.07) is 20.7. The van der Waals surface area contributed by atoms with E-state index < -0.39 is 0 Å². The van der Waals surface area contributed by atoms with E-state index in [9.17, 15) is 4.79 Å². The number of nitrogens with zero attached hydrogens (tertiary/aromatic N) is 3. The van der Waals surface area contributed by atoms with Crippen molar-refractivity contribution in [1.82, 2.24) is 14.6 Å². The van der Waals surface area contributed by atoms with E-state index in [1.54, 1.807) is 30.9 Å². The van der Waals surface area contributed by atoms with Crippen LogP contribution in [-0.2, 0) is 10.6 Å². The summed E-state index contributed by atoms with van der Waals surface area (Å²) in [5.74, 6) is 0.522. The first-order chi connectivity index (χ1) is 15.0. The van der Waals surface area contributed by atoms with Crippen LogP contribution in [0.3, 0.4) is 0 Å². The number of fused-ring (bicyclic) bond motifs is 1. The van der Waals surface area contributed by atoms with E-state index in [2.05, 4.69) is 4.57 Å². The Balaban J connectivity index is 1.71.